The minimum absolute atomic E-state index is 0.176. The molecular formula is C18H18N4O3. The topological polar surface area (TPSA) is 91.4 Å². The maximum Gasteiger partial charge on any atom is 0.251 e. The molecule has 2 N–H and O–H groups in total. The molecule has 0 bridgehead atoms. The van der Waals surface area contributed by atoms with Gasteiger partial charge in [-0.2, -0.15) is 0 Å². The van der Waals surface area contributed by atoms with E-state index in [2.05, 4.69) is 15.7 Å². The molecule has 1 aliphatic heterocycles. The molecule has 1 fully saturated rings. The summed E-state index contributed by atoms with van der Waals surface area (Å²) in [5, 5.41) is 4.09. The SMILES string of the molecule is CC(NC(=O)c1ccc(N2NC(=O)CCC2=O)cc1)c1ccccn1. The Morgan fingerprint density at radius 1 is 1.16 bits per heavy atom. The summed E-state index contributed by atoms with van der Waals surface area (Å²) in [5.41, 5.74) is 4.27. The second-order valence-corrected chi connectivity index (χ2v) is 5.76. The van der Waals surface area contributed by atoms with Crippen LogP contribution in [0.25, 0.3) is 0 Å². The molecular weight excluding hydrogens is 320 g/mol. The number of aromatic nitrogens is 1. The highest BCUT2D eigenvalue weighted by atomic mass is 16.2. The first-order valence-corrected chi connectivity index (χ1v) is 7.99. The van der Waals surface area contributed by atoms with Gasteiger partial charge in [0.1, 0.15) is 0 Å². The summed E-state index contributed by atoms with van der Waals surface area (Å²) < 4.78 is 0. The third kappa shape index (κ3) is 3.82. The molecule has 3 rings (SSSR count). The van der Waals surface area contributed by atoms with Crippen molar-refractivity contribution in [2.75, 3.05) is 5.01 Å². The second kappa shape index (κ2) is 7.12. The van der Waals surface area contributed by atoms with Crippen molar-refractivity contribution in [1.82, 2.24) is 15.7 Å². The Balaban J connectivity index is 1.68. The molecule has 128 valence electrons. The number of benzene rings is 1. The summed E-state index contributed by atoms with van der Waals surface area (Å²) in [6.07, 6.45) is 2.05. The summed E-state index contributed by atoms with van der Waals surface area (Å²) in [5.74, 6) is -0.620. The van der Waals surface area contributed by atoms with E-state index in [0.717, 1.165) is 5.69 Å². The van der Waals surface area contributed by atoms with Crippen molar-refractivity contribution in [2.45, 2.75) is 25.8 Å². The van der Waals surface area contributed by atoms with Gasteiger partial charge in [-0.1, -0.05) is 6.07 Å². The number of carbonyl (C=O) groups excluding carboxylic acids is 3. The molecule has 7 heteroatoms. The van der Waals surface area contributed by atoms with Crippen LogP contribution in [0.1, 0.15) is 41.9 Å². The minimum atomic E-state index is -0.237. The summed E-state index contributed by atoms with van der Waals surface area (Å²) >= 11 is 0. The standard InChI is InChI=1S/C18H18N4O3/c1-12(15-4-2-3-11-19-15)20-18(25)13-5-7-14(8-6-13)22-17(24)10-9-16(23)21-22/h2-8,11-12H,9-10H2,1H3,(H,20,25)(H,21,23). The molecule has 0 spiro atoms. The Morgan fingerprint density at radius 3 is 2.60 bits per heavy atom. The van der Waals surface area contributed by atoms with Crippen molar-refractivity contribution in [3.05, 3.63) is 59.9 Å². The van der Waals surface area contributed by atoms with Crippen LogP contribution in [0, 0.1) is 0 Å². The van der Waals surface area contributed by atoms with Gasteiger partial charge < -0.3 is 5.32 Å². The van der Waals surface area contributed by atoms with E-state index in [1.165, 1.54) is 5.01 Å². The van der Waals surface area contributed by atoms with E-state index in [9.17, 15) is 14.4 Å². The largest absolute Gasteiger partial charge is 0.344 e. The maximum atomic E-state index is 12.3. The number of rotatable bonds is 4. The van der Waals surface area contributed by atoms with Crippen LogP contribution in [0.4, 0.5) is 5.69 Å². The van der Waals surface area contributed by atoms with Crippen molar-refractivity contribution in [1.29, 1.82) is 0 Å². The highest BCUT2D eigenvalue weighted by Gasteiger charge is 2.24. The van der Waals surface area contributed by atoms with E-state index in [1.54, 1.807) is 30.5 Å². The molecule has 1 aromatic carbocycles. The van der Waals surface area contributed by atoms with Crippen molar-refractivity contribution in [3.8, 4) is 0 Å². The van der Waals surface area contributed by atoms with Gasteiger partial charge in [-0.25, -0.2) is 5.01 Å². The number of nitrogens with one attached hydrogen (secondary N) is 2. The zero-order valence-electron chi connectivity index (χ0n) is 13.7. The van der Waals surface area contributed by atoms with E-state index in [-0.39, 0.29) is 36.6 Å². The normalized spacial score (nSPS) is 15.5. The van der Waals surface area contributed by atoms with Gasteiger partial charge in [0.2, 0.25) is 11.8 Å². The predicted molar refractivity (Wildman–Crippen MR) is 91.4 cm³/mol. The van der Waals surface area contributed by atoms with Crippen molar-refractivity contribution in [3.63, 3.8) is 0 Å². The minimum Gasteiger partial charge on any atom is -0.344 e. The fourth-order valence-corrected chi connectivity index (χ4v) is 2.53. The number of nitrogens with zero attached hydrogens (tertiary/aromatic N) is 2. The maximum absolute atomic E-state index is 12.3. The molecule has 1 saturated heterocycles. The number of pyridine rings is 1. The van der Waals surface area contributed by atoms with E-state index in [1.807, 2.05) is 25.1 Å². The molecule has 2 aromatic rings. The van der Waals surface area contributed by atoms with Crippen molar-refractivity contribution in [2.24, 2.45) is 0 Å². The lowest BCUT2D eigenvalue weighted by Gasteiger charge is -2.27. The lowest BCUT2D eigenvalue weighted by Crippen LogP contribution is -2.50. The van der Waals surface area contributed by atoms with Crippen LogP contribution in [0.3, 0.4) is 0 Å². The molecule has 1 aromatic heterocycles. The zero-order valence-corrected chi connectivity index (χ0v) is 13.7. The number of hydrogen-bond acceptors (Lipinski definition) is 4. The highest BCUT2D eigenvalue weighted by molar-refractivity contribution is 6.01. The third-order valence-corrected chi connectivity index (χ3v) is 3.92. The molecule has 1 aliphatic rings. The summed E-state index contributed by atoms with van der Waals surface area (Å²) in [4.78, 5) is 39.9. The Labute approximate surface area is 145 Å². The quantitative estimate of drug-likeness (QED) is 0.888. The average Bonchev–Trinajstić information content (AvgIpc) is 2.64. The number of anilines is 1. The number of hydrazine groups is 1. The van der Waals surface area contributed by atoms with E-state index in [4.69, 9.17) is 0 Å². The van der Waals surface area contributed by atoms with Crippen molar-refractivity contribution >= 4 is 23.4 Å². The molecule has 7 nitrogen and oxygen atoms in total. The first-order valence-electron chi connectivity index (χ1n) is 7.99. The Morgan fingerprint density at radius 2 is 1.92 bits per heavy atom. The Hall–Kier alpha value is -3.22. The van der Waals surface area contributed by atoms with Crippen LogP contribution in [0.2, 0.25) is 0 Å². The zero-order chi connectivity index (χ0) is 17.8. The van der Waals surface area contributed by atoms with Crippen LogP contribution >= 0.6 is 0 Å². The fourth-order valence-electron chi connectivity index (χ4n) is 2.53. The Bertz CT molecular complexity index is 790. The summed E-state index contributed by atoms with van der Waals surface area (Å²) in [7, 11) is 0. The van der Waals surface area contributed by atoms with E-state index >= 15 is 0 Å². The van der Waals surface area contributed by atoms with Gasteiger partial charge in [0, 0.05) is 24.6 Å². The lowest BCUT2D eigenvalue weighted by atomic mass is 10.1. The lowest BCUT2D eigenvalue weighted by molar-refractivity contribution is -0.130. The molecule has 0 aliphatic carbocycles. The van der Waals surface area contributed by atoms with Gasteiger partial charge in [-0.3, -0.25) is 24.8 Å². The first-order chi connectivity index (χ1) is 12.0. The van der Waals surface area contributed by atoms with Gasteiger partial charge in [-0.05, 0) is 43.3 Å². The number of hydrogen-bond donors (Lipinski definition) is 2. The van der Waals surface area contributed by atoms with Gasteiger partial charge in [-0.15, -0.1) is 0 Å². The monoisotopic (exact) mass is 338 g/mol. The predicted octanol–water partition coefficient (Wildman–Crippen LogP) is 1.73. The van der Waals surface area contributed by atoms with Crippen LogP contribution in [0.15, 0.2) is 48.7 Å². The third-order valence-electron chi connectivity index (χ3n) is 3.92. The van der Waals surface area contributed by atoms with Crippen LogP contribution < -0.4 is 15.8 Å². The Kier molecular flexibility index (Phi) is 4.74. The summed E-state index contributed by atoms with van der Waals surface area (Å²) in [6, 6.07) is 11.8. The van der Waals surface area contributed by atoms with Gasteiger partial charge in [0.05, 0.1) is 17.4 Å². The van der Waals surface area contributed by atoms with Crippen LogP contribution in [-0.2, 0) is 9.59 Å². The summed E-state index contributed by atoms with van der Waals surface area (Å²) in [6.45, 7) is 1.86. The fraction of sp³-hybridized carbons (Fsp3) is 0.222. The smallest absolute Gasteiger partial charge is 0.251 e. The molecule has 1 unspecified atom stereocenters. The first kappa shape index (κ1) is 16.6. The molecule has 1 atom stereocenters. The number of carbonyl (C=O) groups is 3. The van der Waals surface area contributed by atoms with Gasteiger partial charge >= 0.3 is 0 Å². The van der Waals surface area contributed by atoms with E-state index < -0.39 is 0 Å². The molecule has 2 heterocycles. The van der Waals surface area contributed by atoms with Gasteiger partial charge in [0.25, 0.3) is 5.91 Å². The van der Waals surface area contributed by atoms with Crippen molar-refractivity contribution < 1.29 is 14.4 Å². The molecule has 25 heavy (non-hydrogen) atoms. The van der Waals surface area contributed by atoms with Crippen LogP contribution in [0.5, 0.6) is 0 Å². The highest BCUT2D eigenvalue weighted by Crippen LogP contribution is 2.18. The molecule has 0 saturated carbocycles. The molecule has 0 radical (unpaired) electrons. The van der Waals surface area contributed by atoms with Crippen LogP contribution in [-0.4, -0.2) is 22.7 Å². The molecule has 3 amide bonds. The van der Waals surface area contributed by atoms with E-state index in [0.29, 0.717) is 11.3 Å². The average molecular weight is 338 g/mol. The number of amides is 3. The second-order valence-electron chi connectivity index (χ2n) is 5.76. The van der Waals surface area contributed by atoms with Gasteiger partial charge in [0.15, 0.2) is 0 Å².